The standard InChI is InChI=1S/C7H5ClF3P/c8-5-2-1-4(3-6(5)12)7(9,10)11/h1-3H,12H2. The first kappa shape index (κ1) is 9.82. The van der Waals surface area contributed by atoms with Crippen LogP contribution in [-0.4, -0.2) is 0 Å². The van der Waals surface area contributed by atoms with E-state index in [1.54, 1.807) is 0 Å². The lowest BCUT2D eigenvalue weighted by molar-refractivity contribution is -0.137. The van der Waals surface area contributed by atoms with Gasteiger partial charge in [-0.15, -0.1) is 9.24 Å². The second kappa shape index (κ2) is 3.23. The molecule has 0 bridgehead atoms. The fourth-order valence-electron chi connectivity index (χ4n) is 0.720. The van der Waals surface area contributed by atoms with Crippen molar-refractivity contribution in [3.63, 3.8) is 0 Å². The van der Waals surface area contributed by atoms with E-state index in [4.69, 9.17) is 11.6 Å². The van der Waals surface area contributed by atoms with E-state index < -0.39 is 11.7 Å². The minimum atomic E-state index is -4.30. The van der Waals surface area contributed by atoms with Gasteiger partial charge in [-0.25, -0.2) is 0 Å². The molecule has 0 spiro atoms. The Labute approximate surface area is 74.9 Å². The average Bonchev–Trinajstić information content (AvgIpc) is 1.92. The average molecular weight is 213 g/mol. The quantitative estimate of drug-likeness (QED) is 0.580. The third-order valence-corrected chi connectivity index (χ3v) is 2.33. The van der Waals surface area contributed by atoms with E-state index in [0.29, 0.717) is 10.3 Å². The number of rotatable bonds is 0. The maximum Gasteiger partial charge on any atom is 0.416 e. The van der Waals surface area contributed by atoms with Crippen molar-refractivity contribution in [2.24, 2.45) is 0 Å². The van der Waals surface area contributed by atoms with Crippen LogP contribution in [0.25, 0.3) is 0 Å². The molecule has 0 amide bonds. The number of alkyl halides is 3. The summed E-state index contributed by atoms with van der Waals surface area (Å²) in [5, 5.41) is 0.666. The van der Waals surface area contributed by atoms with Gasteiger partial charge in [0.15, 0.2) is 0 Å². The number of benzene rings is 1. The lowest BCUT2D eigenvalue weighted by Crippen LogP contribution is -2.07. The molecule has 66 valence electrons. The van der Waals surface area contributed by atoms with Crippen LogP contribution in [0, 0.1) is 0 Å². The highest BCUT2D eigenvalue weighted by Crippen LogP contribution is 2.29. The van der Waals surface area contributed by atoms with Crippen LogP contribution in [0.15, 0.2) is 18.2 Å². The number of hydrogen-bond donors (Lipinski definition) is 0. The second-order valence-corrected chi connectivity index (χ2v) is 3.26. The maximum atomic E-state index is 12.0. The zero-order valence-corrected chi connectivity index (χ0v) is 7.73. The molecule has 12 heavy (non-hydrogen) atoms. The number of hydrogen-bond acceptors (Lipinski definition) is 0. The molecule has 0 aliphatic carbocycles. The molecule has 1 rings (SSSR count). The van der Waals surface area contributed by atoms with Crippen LogP contribution in [0.4, 0.5) is 13.2 Å². The van der Waals surface area contributed by atoms with Crippen LogP contribution in [0.2, 0.25) is 5.02 Å². The summed E-state index contributed by atoms with van der Waals surface area (Å²) in [4.78, 5) is 0. The van der Waals surface area contributed by atoms with Crippen LogP contribution < -0.4 is 5.30 Å². The minimum Gasteiger partial charge on any atom is -0.166 e. The fraction of sp³-hybridized carbons (Fsp3) is 0.143. The van der Waals surface area contributed by atoms with Gasteiger partial charge in [0, 0.05) is 5.02 Å². The Morgan fingerprint density at radius 3 is 2.25 bits per heavy atom. The van der Waals surface area contributed by atoms with Crippen molar-refractivity contribution in [2.75, 3.05) is 0 Å². The van der Waals surface area contributed by atoms with Gasteiger partial charge in [-0.05, 0) is 23.5 Å². The summed E-state index contributed by atoms with van der Waals surface area (Å²) in [6.45, 7) is 0. The van der Waals surface area contributed by atoms with Crippen LogP contribution in [0.5, 0.6) is 0 Å². The van der Waals surface area contributed by atoms with Gasteiger partial charge >= 0.3 is 6.18 Å². The summed E-state index contributed by atoms with van der Waals surface area (Å²) < 4.78 is 36.1. The molecule has 0 saturated heterocycles. The Morgan fingerprint density at radius 1 is 1.25 bits per heavy atom. The number of halogens is 4. The van der Waals surface area contributed by atoms with E-state index in [1.807, 2.05) is 0 Å². The zero-order chi connectivity index (χ0) is 9.35. The molecule has 0 radical (unpaired) electrons. The molecule has 0 aliphatic heterocycles. The Kier molecular flexibility index (Phi) is 2.64. The van der Waals surface area contributed by atoms with Crippen molar-refractivity contribution < 1.29 is 13.2 Å². The smallest absolute Gasteiger partial charge is 0.166 e. The molecular weight excluding hydrogens is 207 g/mol. The van der Waals surface area contributed by atoms with E-state index >= 15 is 0 Å². The molecule has 0 nitrogen and oxygen atoms in total. The molecular formula is C7H5ClF3P. The van der Waals surface area contributed by atoms with Crippen LogP contribution in [0.3, 0.4) is 0 Å². The molecule has 1 aromatic carbocycles. The molecule has 0 saturated carbocycles. The summed E-state index contributed by atoms with van der Waals surface area (Å²) >= 11 is 5.54. The van der Waals surface area contributed by atoms with Gasteiger partial charge < -0.3 is 0 Å². The van der Waals surface area contributed by atoms with Crippen molar-refractivity contribution in [2.45, 2.75) is 6.18 Å². The van der Waals surface area contributed by atoms with Gasteiger partial charge in [0.1, 0.15) is 0 Å². The topological polar surface area (TPSA) is 0 Å². The van der Waals surface area contributed by atoms with Gasteiger partial charge in [0.25, 0.3) is 0 Å². The van der Waals surface area contributed by atoms with Gasteiger partial charge in [0.2, 0.25) is 0 Å². The predicted molar refractivity (Wildman–Crippen MR) is 45.8 cm³/mol. The minimum absolute atomic E-state index is 0.313. The highest BCUT2D eigenvalue weighted by molar-refractivity contribution is 7.28. The van der Waals surface area contributed by atoms with Crippen molar-refractivity contribution in [3.05, 3.63) is 28.8 Å². The SMILES string of the molecule is FC(F)(F)c1ccc(Cl)c(P)c1. The third kappa shape index (κ3) is 2.11. The summed E-state index contributed by atoms with van der Waals surface area (Å²) in [5.74, 6) is 0. The lowest BCUT2D eigenvalue weighted by atomic mass is 10.2. The normalized spacial score (nSPS) is 11.8. The molecule has 1 atom stereocenters. The zero-order valence-electron chi connectivity index (χ0n) is 5.82. The van der Waals surface area contributed by atoms with Crippen LogP contribution in [-0.2, 0) is 6.18 Å². The van der Waals surface area contributed by atoms with Crippen LogP contribution >= 0.6 is 20.8 Å². The third-order valence-electron chi connectivity index (χ3n) is 1.32. The van der Waals surface area contributed by atoms with Crippen molar-refractivity contribution in [1.82, 2.24) is 0 Å². The van der Waals surface area contributed by atoms with Gasteiger partial charge in [0.05, 0.1) is 5.56 Å². The Morgan fingerprint density at radius 2 is 1.83 bits per heavy atom. The molecule has 0 heterocycles. The lowest BCUT2D eigenvalue weighted by Gasteiger charge is -2.07. The molecule has 0 aliphatic rings. The first-order valence-electron chi connectivity index (χ1n) is 3.03. The molecule has 1 aromatic rings. The fourth-order valence-corrected chi connectivity index (χ4v) is 1.11. The first-order chi connectivity index (χ1) is 5.41. The summed E-state index contributed by atoms with van der Waals surface area (Å²) in [7, 11) is 2.15. The first-order valence-corrected chi connectivity index (χ1v) is 3.99. The molecule has 0 aromatic heterocycles. The van der Waals surface area contributed by atoms with E-state index in [-0.39, 0.29) is 0 Å². The van der Waals surface area contributed by atoms with Crippen LogP contribution in [0.1, 0.15) is 5.56 Å². The molecule has 0 N–H and O–H groups in total. The molecule has 1 unspecified atom stereocenters. The highest BCUT2D eigenvalue weighted by Gasteiger charge is 2.30. The Bertz CT molecular complexity index is 295. The van der Waals surface area contributed by atoms with Crippen molar-refractivity contribution >= 4 is 26.1 Å². The van der Waals surface area contributed by atoms with E-state index in [2.05, 4.69) is 9.24 Å². The van der Waals surface area contributed by atoms with Gasteiger partial charge in [-0.3, -0.25) is 0 Å². The predicted octanol–water partition coefficient (Wildman–Crippen LogP) is 2.86. The summed E-state index contributed by atoms with van der Waals surface area (Å²) in [6.07, 6.45) is -4.30. The highest BCUT2D eigenvalue weighted by atomic mass is 35.5. The monoisotopic (exact) mass is 212 g/mol. The summed E-state index contributed by atoms with van der Waals surface area (Å²) in [6, 6.07) is 3.18. The second-order valence-electron chi connectivity index (χ2n) is 2.23. The Hall–Kier alpha value is -0.270. The summed E-state index contributed by atoms with van der Waals surface area (Å²) in [5.41, 5.74) is -0.683. The van der Waals surface area contributed by atoms with E-state index in [0.717, 1.165) is 12.1 Å². The van der Waals surface area contributed by atoms with Crippen molar-refractivity contribution in [1.29, 1.82) is 0 Å². The van der Waals surface area contributed by atoms with Gasteiger partial charge in [-0.1, -0.05) is 11.6 Å². The van der Waals surface area contributed by atoms with E-state index in [1.165, 1.54) is 6.07 Å². The van der Waals surface area contributed by atoms with Gasteiger partial charge in [-0.2, -0.15) is 13.2 Å². The molecule has 0 fully saturated rings. The maximum absolute atomic E-state index is 12.0. The van der Waals surface area contributed by atoms with E-state index in [9.17, 15) is 13.2 Å². The van der Waals surface area contributed by atoms with Crippen molar-refractivity contribution in [3.8, 4) is 0 Å². The largest absolute Gasteiger partial charge is 0.416 e. The Balaban J connectivity index is 3.14. The molecule has 5 heteroatoms.